The lowest BCUT2D eigenvalue weighted by atomic mass is 9.86. The topological polar surface area (TPSA) is 97.9 Å². The average molecular weight is 423 g/mol. The zero-order valence-electron chi connectivity index (χ0n) is 15.9. The van der Waals surface area contributed by atoms with Crippen molar-refractivity contribution in [3.05, 3.63) is 68.5 Å². The Morgan fingerprint density at radius 3 is 2.76 bits per heavy atom. The van der Waals surface area contributed by atoms with E-state index in [9.17, 15) is 10.1 Å². The van der Waals surface area contributed by atoms with E-state index in [-0.39, 0.29) is 11.7 Å². The van der Waals surface area contributed by atoms with E-state index < -0.39 is 5.92 Å². The highest BCUT2D eigenvalue weighted by atomic mass is 32.2. The molecule has 1 unspecified atom stereocenters. The Morgan fingerprint density at radius 1 is 1.31 bits per heavy atom. The standard InChI is InChI=1S/C21H18N4O2S2/c1-13-18(20(26)25-15-6-3-4-7-16(15)27-2)19(17-8-5-10-28-17)14(12-23)21(24-13)29-11-9-22/h3-8,10,19,24H,11H2,1-2H3,(H,25,26). The van der Waals surface area contributed by atoms with Crippen LogP contribution in [0.1, 0.15) is 17.7 Å². The van der Waals surface area contributed by atoms with Crippen LogP contribution in [0.15, 0.2) is 63.7 Å². The largest absolute Gasteiger partial charge is 0.495 e. The third-order valence-corrected chi connectivity index (χ3v) is 6.18. The fraction of sp³-hybridized carbons (Fsp3) is 0.190. The number of amides is 1. The molecule has 1 aromatic carbocycles. The molecule has 2 aromatic rings. The number of hydrogen-bond acceptors (Lipinski definition) is 7. The number of carbonyl (C=O) groups excluding carboxylic acids is 1. The number of allylic oxidation sites excluding steroid dienone is 2. The van der Waals surface area contributed by atoms with Gasteiger partial charge in [0.1, 0.15) is 5.75 Å². The van der Waals surface area contributed by atoms with Crippen molar-refractivity contribution in [1.29, 1.82) is 10.5 Å². The predicted octanol–water partition coefficient (Wildman–Crippen LogP) is 4.35. The van der Waals surface area contributed by atoms with Crippen molar-refractivity contribution in [3.8, 4) is 17.9 Å². The van der Waals surface area contributed by atoms with Gasteiger partial charge < -0.3 is 15.4 Å². The van der Waals surface area contributed by atoms with Gasteiger partial charge in [-0.3, -0.25) is 4.79 Å². The number of carbonyl (C=O) groups is 1. The molecule has 0 saturated heterocycles. The van der Waals surface area contributed by atoms with Crippen LogP contribution in [0.3, 0.4) is 0 Å². The molecule has 1 aliphatic heterocycles. The maximum absolute atomic E-state index is 13.3. The molecule has 3 rings (SSSR count). The Hall–Kier alpha value is -3.20. The fourth-order valence-electron chi connectivity index (χ4n) is 3.11. The molecular weight excluding hydrogens is 404 g/mol. The quantitative estimate of drug-likeness (QED) is 0.718. The minimum absolute atomic E-state index is 0.209. The van der Waals surface area contributed by atoms with Gasteiger partial charge in [0.15, 0.2) is 0 Å². The van der Waals surface area contributed by atoms with Gasteiger partial charge in [-0.15, -0.1) is 11.3 Å². The molecule has 1 atom stereocenters. The van der Waals surface area contributed by atoms with Crippen molar-refractivity contribution in [3.63, 3.8) is 0 Å². The molecule has 0 fully saturated rings. The number of anilines is 1. The summed E-state index contributed by atoms with van der Waals surface area (Å²) in [7, 11) is 1.54. The maximum atomic E-state index is 13.3. The molecule has 0 radical (unpaired) electrons. The summed E-state index contributed by atoms with van der Waals surface area (Å²) in [5.74, 6) is -0.0512. The first-order valence-electron chi connectivity index (χ1n) is 8.70. The van der Waals surface area contributed by atoms with E-state index in [1.54, 1.807) is 26.2 Å². The minimum Gasteiger partial charge on any atom is -0.495 e. The second-order valence-electron chi connectivity index (χ2n) is 6.07. The number of nitrogens with one attached hydrogen (secondary N) is 2. The number of rotatable bonds is 6. The first kappa shape index (κ1) is 20.5. The van der Waals surface area contributed by atoms with E-state index in [1.165, 1.54) is 23.1 Å². The minimum atomic E-state index is -0.503. The molecule has 8 heteroatoms. The molecular formula is C21H18N4O2S2. The summed E-state index contributed by atoms with van der Waals surface area (Å²) in [6.45, 7) is 1.80. The van der Waals surface area contributed by atoms with Gasteiger partial charge in [0, 0.05) is 16.1 Å². The number of hydrogen-bond donors (Lipinski definition) is 2. The van der Waals surface area contributed by atoms with Crippen LogP contribution >= 0.6 is 23.1 Å². The fourth-order valence-corrected chi connectivity index (χ4v) is 4.71. The van der Waals surface area contributed by atoms with E-state index in [0.717, 1.165) is 4.88 Å². The summed E-state index contributed by atoms with van der Waals surface area (Å²) in [6.07, 6.45) is 0. The molecule has 0 saturated carbocycles. The first-order valence-corrected chi connectivity index (χ1v) is 10.6. The third kappa shape index (κ3) is 4.29. The molecule has 146 valence electrons. The van der Waals surface area contributed by atoms with Crippen LogP contribution in [0.2, 0.25) is 0 Å². The third-order valence-electron chi connectivity index (χ3n) is 4.36. The highest BCUT2D eigenvalue weighted by Crippen LogP contribution is 2.42. The summed E-state index contributed by atoms with van der Waals surface area (Å²) in [4.78, 5) is 14.2. The Kier molecular flexibility index (Phi) is 6.61. The van der Waals surface area contributed by atoms with Crippen molar-refractivity contribution in [2.45, 2.75) is 12.8 Å². The van der Waals surface area contributed by atoms with Crippen molar-refractivity contribution in [2.24, 2.45) is 0 Å². The normalized spacial score (nSPS) is 15.9. The van der Waals surface area contributed by atoms with Gasteiger partial charge >= 0.3 is 0 Å². The lowest BCUT2D eigenvalue weighted by Gasteiger charge is -2.28. The smallest absolute Gasteiger partial charge is 0.254 e. The zero-order valence-corrected chi connectivity index (χ0v) is 17.5. The van der Waals surface area contributed by atoms with Crippen LogP contribution < -0.4 is 15.4 Å². The van der Waals surface area contributed by atoms with E-state index in [2.05, 4.69) is 22.8 Å². The SMILES string of the molecule is COc1ccccc1NC(=O)C1=C(C)NC(SCC#N)=C(C#N)C1c1cccs1. The highest BCUT2D eigenvalue weighted by Gasteiger charge is 2.35. The molecule has 0 spiro atoms. The number of nitrogens with zero attached hydrogens (tertiary/aromatic N) is 2. The molecule has 29 heavy (non-hydrogen) atoms. The zero-order chi connectivity index (χ0) is 20.8. The van der Waals surface area contributed by atoms with Crippen LogP contribution in [0.4, 0.5) is 5.69 Å². The van der Waals surface area contributed by atoms with E-state index in [4.69, 9.17) is 10.00 Å². The lowest BCUT2D eigenvalue weighted by Crippen LogP contribution is -2.30. The van der Waals surface area contributed by atoms with Gasteiger partial charge in [0.2, 0.25) is 0 Å². The maximum Gasteiger partial charge on any atom is 0.254 e. The van der Waals surface area contributed by atoms with Gasteiger partial charge in [-0.05, 0) is 30.5 Å². The molecule has 2 heterocycles. The average Bonchev–Trinajstić information content (AvgIpc) is 3.26. The molecule has 0 bridgehead atoms. The highest BCUT2D eigenvalue weighted by molar-refractivity contribution is 8.03. The Balaban J connectivity index is 2.03. The van der Waals surface area contributed by atoms with Crippen LogP contribution in [0.5, 0.6) is 5.75 Å². The van der Waals surface area contributed by atoms with Gasteiger partial charge in [-0.2, -0.15) is 10.5 Å². The number of thioether (sulfide) groups is 1. The summed E-state index contributed by atoms with van der Waals surface area (Å²) in [5.41, 5.74) is 2.10. The molecule has 1 aromatic heterocycles. The van der Waals surface area contributed by atoms with Crippen LogP contribution in [-0.4, -0.2) is 18.8 Å². The predicted molar refractivity (Wildman–Crippen MR) is 115 cm³/mol. The first-order chi connectivity index (χ1) is 14.1. The Labute approximate surface area is 177 Å². The van der Waals surface area contributed by atoms with Crippen molar-refractivity contribution in [2.75, 3.05) is 18.2 Å². The summed E-state index contributed by atoms with van der Waals surface area (Å²) in [5, 5.41) is 27.4. The second kappa shape index (κ2) is 9.33. The van der Waals surface area contributed by atoms with Gasteiger partial charge in [0.25, 0.3) is 5.91 Å². The lowest BCUT2D eigenvalue weighted by molar-refractivity contribution is -0.113. The monoisotopic (exact) mass is 422 g/mol. The number of benzene rings is 1. The summed E-state index contributed by atoms with van der Waals surface area (Å²) < 4.78 is 5.32. The molecule has 6 nitrogen and oxygen atoms in total. The van der Waals surface area contributed by atoms with Crippen molar-refractivity contribution in [1.82, 2.24) is 5.32 Å². The van der Waals surface area contributed by atoms with Gasteiger partial charge in [0.05, 0.1) is 47.2 Å². The van der Waals surface area contributed by atoms with E-state index in [0.29, 0.717) is 33.3 Å². The van der Waals surface area contributed by atoms with Crippen LogP contribution in [0, 0.1) is 22.7 Å². The number of ether oxygens (including phenoxy) is 1. The van der Waals surface area contributed by atoms with Crippen LogP contribution in [-0.2, 0) is 4.79 Å². The number of thiophene rings is 1. The number of dihydropyridines is 1. The summed E-state index contributed by atoms with van der Waals surface area (Å²) >= 11 is 2.75. The Morgan fingerprint density at radius 2 is 2.10 bits per heavy atom. The van der Waals surface area contributed by atoms with E-state index in [1.807, 2.05) is 29.6 Å². The van der Waals surface area contributed by atoms with Gasteiger partial charge in [-0.25, -0.2) is 0 Å². The van der Waals surface area contributed by atoms with Crippen molar-refractivity contribution >= 4 is 34.7 Å². The molecule has 1 aliphatic rings. The van der Waals surface area contributed by atoms with Crippen LogP contribution in [0.25, 0.3) is 0 Å². The summed E-state index contributed by atoms with van der Waals surface area (Å²) in [6, 6.07) is 15.3. The Bertz CT molecular complexity index is 1060. The van der Waals surface area contributed by atoms with E-state index >= 15 is 0 Å². The van der Waals surface area contributed by atoms with Crippen molar-refractivity contribution < 1.29 is 9.53 Å². The van der Waals surface area contributed by atoms with Gasteiger partial charge in [-0.1, -0.05) is 30.0 Å². The molecule has 0 aliphatic carbocycles. The molecule has 2 N–H and O–H groups in total. The molecule has 1 amide bonds. The number of nitriles is 2. The number of methoxy groups -OCH3 is 1. The second-order valence-corrected chi connectivity index (χ2v) is 8.03. The number of para-hydroxylation sites is 2.